The van der Waals surface area contributed by atoms with E-state index < -0.39 is 6.10 Å². The van der Waals surface area contributed by atoms with Gasteiger partial charge in [0.1, 0.15) is 0 Å². The molecular weight excluding hydrogens is 490 g/mol. The van der Waals surface area contributed by atoms with Crippen LogP contribution in [0.25, 0.3) is 33.3 Å². The van der Waals surface area contributed by atoms with Gasteiger partial charge < -0.3 is 9.67 Å². The third kappa shape index (κ3) is 5.62. The molecule has 4 nitrogen and oxygen atoms in total. The quantitative estimate of drug-likeness (QED) is 0.241. The number of rotatable bonds is 8. The summed E-state index contributed by atoms with van der Waals surface area (Å²) in [7, 11) is 0. The lowest BCUT2D eigenvalue weighted by Crippen LogP contribution is -2.48. The molecule has 1 aliphatic rings. The first-order chi connectivity index (χ1) is 19.6. The van der Waals surface area contributed by atoms with Gasteiger partial charge in [0.2, 0.25) is 0 Å². The topological polar surface area (TPSA) is 31.6 Å². The Morgan fingerprint density at radius 1 is 0.675 bits per heavy atom. The lowest BCUT2D eigenvalue weighted by atomic mass is 9.97. The number of fused-ring (bicyclic) bond motifs is 1. The number of piperazine rings is 1. The molecule has 1 aliphatic heterocycles. The SMILES string of the molecule is Cc1cc(C)c2c(c1)c(-c1ccccc1)c(-c1ccccc1)n2C[C@@H](O)CN1CCN(Cc2ccccc2)CC1. The Bertz CT molecular complexity index is 1550. The van der Waals surface area contributed by atoms with Crippen LogP contribution < -0.4 is 0 Å². The van der Waals surface area contributed by atoms with Crippen LogP contribution >= 0.6 is 0 Å². The third-order valence-corrected chi connectivity index (χ3v) is 8.18. The van der Waals surface area contributed by atoms with E-state index in [9.17, 15) is 5.11 Å². The fraction of sp³-hybridized carbons (Fsp3) is 0.278. The molecule has 0 saturated carbocycles. The molecule has 1 saturated heterocycles. The Labute approximate surface area is 238 Å². The summed E-state index contributed by atoms with van der Waals surface area (Å²) >= 11 is 0. The van der Waals surface area contributed by atoms with Crippen LogP contribution in [0.5, 0.6) is 0 Å². The second-order valence-corrected chi connectivity index (χ2v) is 11.3. The number of hydrogen-bond donors (Lipinski definition) is 1. The van der Waals surface area contributed by atoms with Crippen molar-refractivity contribution in [3.63, 3.8) is 0 Å². The smallest absolute Gasteiger partial charge is 0.0845 e. The van der Waals surface area contributed by atoms with Crippen molar-refractivity contribution in [1.82, 2.24) is 14.4 Å². The van der Waals surface area contributed by atoms with E-state index in [4.69, 9.17) is 0 Å². The average Bonchev–Trinajstić information content (AvgIpc) is 3.29. The Balaban J connectivity index is 1.29. The normalized spacial score (nSPS) is 15.5. The molecule has 0 aliphatic carbocycles. The van der Waals surface area contributed by atoms with E-state index in [1.165, 1.54) is 50.0 Å². The zero-order valence-electron chi connectivity index (χ0n) is 23.6. The maximum Gasteiger partial charge on any atom is 0.0845 e. The van der Waals surface area contributed by atoms with Crippen molar-refractivity contribution in [2.24, 2.45) is 0 Å². The van der Waals surface area contributed by atoms with Crippen LogP contribution in [0.3, 0.4) is 0 Å². The number of benzene rings is 4. The van der Waals surface area contributed by atoms with Gasteiger partial charge >= 0.3 is 0 Å². The van der Waals surface area contributed by atoms with Crippen LogP contribution in [0, 0.1) is 13.8 Å². The first-order valence-electron chi connectivity index (χ1n) is 14.5. The number of aryl methyl sites for hydroxylation is 2. The average molecular weight is 530 g/mol. The van der Waals surface area contributed by atoms with Gasteiger partial charge in [0.25, 0.3) is 0 Å². The summed E-state index contributed by atoms with van der Waals surface area (Å²) in [5, 5.41) is 12.8. The van der Waals surface area contributed by atoms with Crippen LogP contribution in [0.1, 0.15) is 16.7 Å². The van der Waals surface area contributed by atoms with Gasteiger partial charge in [-0.25, -0.2) is 0 Å². The summed E-state index contributed by atoms with van der Waals surface area (Å²) in [4.78, 5) is 4.94. The standard InChI is InChI=1S/C36H39N3O/c1-27-22-28(2)35-33(23-27)34(30-14-8-4-9-15-30)36(31-16-10-5-11-17-31)39(35)26-32(40)25-38-20-18-37(19-21-38)24-29-12-6-3-7-13-29/h3-17,22-23,32,40H,18-21,24-26H2,1-2H3/t32-/m0/s1. The fourth-order valence-electron chi connectivity index (χ4n) is 6.40. The van der Waals surface area contributed by atoms with E-state index in [0.29, 0.717) is 13.1 Å². The summed E-state index contributed by atoms with van der Waals surface area (Å²) < 4.78 is 2.39. The Hall–Kier alpha value is -3.70. The van der Waals surface area contributed by atoms with Gasteiger partial charge in [-0.15, -0.1) is 0 Å². The highest BCUT2D eigenvalue weighted by atomic mass is 16.3. The molecule has 4 heteroatoms. The zero-order valence-corrected chi connectivity index (χ0v) is 23.6. The monoisotopic (exact) mass is 529 g/mol. The minimum absolute atomic E-state index is 0.469. The van der Waals surface area contributed by atoms with E-state index in [1.54, 1.807) is 0 Å². The van der Waals surface area contributed by atoms with Crippen molar-refractivity contribution < 1.29 is 5.11 Å². The lowest BCUT2D eigenvalue weighted by molar-refractivity contribution is 0.0630. The highest BCUT2D eigenvalue weighted by Crippen LogP contribution is 2.42. The summed E-state index contributed by atoms with van der Waals surface area (Å²) in [6.07, 6.45) is -0.469. The first kappa shape index (κ1) is 26.5. The van der Waals surface area contributed by atoms with Crippen LogP contribution in [-0.4, -0.2) is 58.3 Å². The van der Waals surface area contributed by atoms with E-state index in [1.807, 2.05) is 0 Å². The second kappa shape index (κ2) is 11.8. The van der Waals surface area contributed by atoms with Gasteiger partial charge in [-0.3, -0.25) is 9.80 Å². The van der Waals surface area contributed by atoms with Crippen molar-refractivity contribution in [2.75, 3.05) is 32.7 Å². The van der Waals surface area contributed by atoms with Crippen molar-refractivity contribution in [3.8, 4) is 22.4 Å². The van der Waals surface area contributed by atoms with Gasteiger partial charge in [0.05, 0.1) is 23.9 Å². The second-order valence-electron chi connectivity index (χ2n) is 11.3. The van der Waals surface area contributed by atoms with Gasteiger partial charge in [-0.1, -0.05) is 103 Å². The highest BCUT2D eigenvalue weighted by Gasteiger charge is 2.25. The molecule has 0 unspecified atom stereocenters. The third-order valence-electron chi connectivity index (χ3n) is 8.18. The molecule has 0 amide bonds. The predicted octanol–water partition coefficient (Wildman–Crippen LogP) is 6.77. The Morgan fingerprint density at radius 2 is 1.25 bits per heavy atom. The summed E-state index contributed by atoms with van der Waals surface area (Å²) in [6.45, 7) is 10.6. The van der Waals surface area contributed by atoms with Gasteiger partial charge in [0, 0.05) is 50.2 Å². The fourth-order valence-corrected chi connectivity index (χ4v) is 6.40. The van der Waals surface area contributed by atoms with Crippen molar-refractivity contribution >= 4 is 10.9 Å². The summed E-state index contributed by atoms with van der Waals surface area (Å²) in [5.41, 5.74) is 9.90. The molecule has 1 aromatic heterocycles. The number of hydrogen-bond acceptors (Lipinski definition) is 3. The predicted molar refractivity (Wildman–Crippen MR) is 166 cm³/mol. The molecule has 40 heavy (non-hydrogen) atoms. The summed E-state index contributed by atoms with van der Waals surface area (Å²) in [5.74, 6) is 0. The largest absolute Gasteiger partial charge is 0.390 e. The molecule has 2 heterocycles. The van der Waals surface area contributed by atoms with E-state index >= 15 is 0 Å². The van der Waals surface area contributed by atoms with E-state index in [0.717, 1.165) is 32.7 Å². The number of nitrogens with zero attached hydrogens (tertiary/aromatic N) is 3. The molecule has 0 radical (unpaired) electrons. The minimum atomic E-state index is -0.469. The molecule has 0 spiro atoms. The maximum atomic E-state index is 11.5. The highest BCUT2D eigenvalue weighted by molar-refractivity contribution is 6.06. The molecule has 1 fully saturated rings. The van der Waals surface area contributed by atoms with Crippen molar-refractivity contribution in [3.05, 3.63) is 120 Å². The molecule has 6 rings (SSSR count). The van der Waals surface area contributed by atoms with E-state index in [2.05, 4.69) is 131 Å². The van der Waals surface area contributed by atoms with Gasteiger partial charge in [0.15, 0.2) is 0 Å². The van der Waals surface area contributed by atoms with Crippen LogP contribution in [0.15, 0.2) is 103 Å². The zero-order chi connectivity index (χ0) is 27.5. The van der Waals surface area contributed by atoms with E-state index in [-0.39, 0.29) is 0 Å². The maximum absolute atomic E-state index is 11.5. The van der Waals surface area contributed by atoms with Crippen LogP contribution in [-0.2, 0) is 13.1 Å². The van der Waals surface area contributed by atoms with Crippen molar-refractivity contribution in [1.29, 1.82) is 0 Å². The molecule has 5 aromatic rings. The number of β-amino-alcohol motifs (C(OH)–C–C–N with tert-alkyl or cyclic N) is 1. The molecule has 204 valence electrons. The molecule has 1 atom stereocenters. The van der Waals surface area contributed by atoms with Crippen LogP contribution in [0.2, 0.25) is 0 Å². The lowest BCUT2D eigenvalue weighted by Gasteiger charge is -2.35. The Morgan fingerprint density at radius 3 is 1.90 bits per heavy atom. The van der Waals surface area contributed by atoms with Gasteiger partial charge in [-0.2, -0.15) is 0 Å². The summed E-state index contributed by atoms with van der Waals surface area (Å²) in [6, 6.07) is 36.7. The number of aliphatic hydroxyl groups is 1. The molecule has 4 aromatic carbocycles. The minimum Gasteiger partial charge on any atom is -0.390 e. The van der Waals surface area contributed by atoms with Crippen LogP contribution in [0.4, 0.5) is 0 Å². The number of aromatic nitrogens is 1. The van der Waals surface area contributed by atoms with Crippen molar-refractivity contribution in [2.45, 2.75) is 33.0 Å². The Kier molecular flexibility index (Phi) is 7.83. The molecule has 0 bridgehead atoms. The number of aliphatic hydroxyl groups excluding tert-OH is 1. The molecule has 1 N–H and O–H groups in total. The molecular formula is C36H39N3O. The van der Waals surface area contributed by atoms with Gasteiger partial charge in [-0.05, 0) is 42.2 Å². The first-order valence-corrected chi connectivity index (χ1v) is 14.5.